The number of phenols is 1. The van der Waals surface area contributed by atoms with Gasteiger partial charge in [-0.1, -0.05) is 20.8 Å². The fourth-order valence-electron chi connectivity index (χ4n) is 2.55. The molecule has 1 aromatic carbocycles. The molecule has 0 radical (unpaired) electrons. The fraction of sp³-hybridized carbons (Fsp3) is 0.250. The molecule has 0 aliphatic heterocycles. The minimum absolute atomic E-state index is 0.0695. The lowest BCUT2D eigenvalue weighted by molar-refractivity contribution is -0.384. The predicted octanol–water partition coefficient (Wildman–Crippen LogP) is 3.12. The van der Waals surface area contributed by atoms with Crippen molar-refractivity contribution in [2.75, 3.05) is 5.73 Å². The highest BCUT2D eigenvalue weighted by molar-refractivity contribution is 6.02. The number of nitrogens with one attached hydrogen (secondary N) is 1. The molecule has 0 aliphatic rings. The van der Waals surface area contributed by atoms with Crippen LogP contribution in [0, 0.1) is 10.1 Å². The molecule has 0 saturated heterocycles. The summed E-state index contributed by atoms with van der Waals surface area (Å²) in [6, 6.07) is 5.66. The van der Waals surface area contributed by atoms with Crippen LogP contribution in [0.25, 0.3) is 22.2 Å². The molecule has 2 heterocycles. The van der Waals surface area contributed by atoms with E-state index in [1.807, 2.05) is 20.8 Å². The first kappa shape index (κ1) is 15.7. The normalized spacial score (nSPS) is 11.8. The van der Waals surface area contributed by atoms with Crippen LogP contribution in [0.4, 0.5) is 11.5 Å². The van der Waals surface area contributed by atoms with Crippen molar-refractivity contribution in [2.24, 2.45) is 0 Å². The van der Waals surface area contributed by atoms with Gasteiger partial charge in [-0.05, 0) is 18.2 Å². The Morgan fingerprint density at radius 3 is 2.58 bits per heavy atom. The second kappa shape index (κ2) is 5.19. The van der Waals surface area contributed by atoms with Gasteiger partial charge in [-0.25, -0.2) is 4.98 Å². The van der Waals surface area contributed by atoms with Gasteiger partial charge in [0.25, 0.3) is 5.69 Å². The number of phenolic OH excluding ortho intramolecular Hbond substituents is 1. The molecule has 0 fully saturated rings. The van der Waals surface area contributed by atoms with Gasteiger partial charge < -0.3 is 10.8 Å². The van der Waals surface area contributed by atoms with E-state index in [2.05, 4.69) is 15.2 Å². The summed E-state index contributed by atoms with van der Waals surface area (Å²) in [5.74, 6) is 0.130. The molecular weight excluding hydrogens is 310 g/mol. The van der Waals surface area contributed by atoms with Gasteiger partial charge in [-0.15, -0.1) is 0 Å². The highest BCUT2D eigenvalue weighted by Crippen LogP contribution is 2.39. The molecule has 8 heteroatoms. The zero-order valence-electron chi connectivity index (χ0n) is 13.5. The summed E-state index contributed by atoms with van der Waals surface area (Å²) in [7, 11) is 0. The van der Waals surface area contributed by atoms with Gasteiger partial charge in [0.15, 0.2) is 11.5 Å². The number of aromatic hydroxyl groups is 1. The maximum Gasteiger partial charge on any atom is 0.277 e. The summed E-state index contributed by atoms with van der Waals surface area (Å²) < 4.78 is 0. The molecule has 4 N–H and O–H groups in total. The molecule has 0 atom stereocenters. The van der Waals surface area contributed by atoms with E-state index in [-0.39, 0.29) is 28.2 Å². The number of benzene rings is 1. The van der Waals surface area contributed by atoms with E-state index in [9.17, 15) is 15.2 Å². The smallest absolute Gasteiger partial charge is 0.277 e. The third-order valence-electron chi connectivity index (χ3n) is 3.79. The van der Waals surface area contributed by atoms with E-state index in [1.165, 1.54) is 18.2 Å². The molecule has 0 spiro atoms. The average molecular weight is 327 g/mol. The van der Waals surface area contributed by atoms with Crippen molar-refractivity contribution in [3.05, 3.63) is 40.1 Å². The number of aromatic amines is 1. The maximum absolute atomic E-state index is 11.4. The summed E-state index contributed by atoms with van der Waals surface area (Å²) in [5, 5.41) is 28.4. The Labute approximate surface area is 137 Å². The molecule has 3 rings (SSSR count). The van der Waals surface area contributed by atoms with Crippen LogP contribution in [0.3, 0.4) is 0 Å². The number of H-pyrrole nitrogens is 1. The first-order chi connectivity index (χ1) is 11.2. The first-order valence-electron chi connectivity index (χ1n) is 7.31. The summed E-state index contributed by atoms with van der Waals surface area (Å²) in [6.07, 6.45) is 0. The van der Waals surface area contributed by atoms with Crippen molar-refractivity contribution in [2.45, 2.75) is 26.2 Å². The molecule has 0 saturated carbocycles. The lowest BCUT2D eigenvalue weighted by atomic mass is 9.89. The lowest BCUT2D eigenvalue weighted by Crippen LogP contribution is -2.14. The fourth-order valence-corrected chi connectivity index (χ4v) is 2.55. The van der Waals surface area contributed by atoms with Crippen LogP contribution in [0.2, 0.25) is 0 Å². The molecule has 8 nitrogen and oxygen atoms in total. The van der Waals surface area contributed by atoms with Crippen molar-refractivity contribution < 1.29 is 10.0 Å². The minimum atomic E-state index is -0.492. The van der Waals surface area contributed by atoms with Crippen LogP contribution in [0.1, 0.15) is 26.5 Å². The van der Waals surface area contributed by atoms with E-state index in [4.69, 9.17) is 5.73 Å². The van der Waals surface area contributed by atoms with Crippen LogP contribution in [-0.4, -0.2) is 25.2 Å². The number of nitro groups is 1. The van der Waals surface area contributed by atoms with Crippen molar-refractivity contribution >= 4 is 22.5 Å². The van der Waals surface area contributed by atoms with Crippen molar-refractivity contribution in [3.8, 4) is 16.9 Å². The summed E-state index contributed by atoms with van der Waals surface area (Å²) in [6.45, 7) is 5.96. The molecule has 0 unspecified atom stereocenters. The molecule has 2 aromatic heterocycles. The Kier molecular flexibility index (Phi) is 3.40. The molecule has 3 aromatic rings. The number of nitrogen functional groups attached to an aromatic ring is 1. The van der Waals surface area contributed by atoms with Crippen LogP contribution >= 0.6 is 0 Å². The van der Waals surface area contributed by atoms with Gasteiger partial charge in [-0.2, -0.15) is 5.10 Å². The Balaban J connectivity index is 2.43. The first-order valence-corrected chi connectivity index (χ1v) is 7.31. The Morgan fingerprint density at radius 1 is 1.25 bits per heavy atom. The number of fused-ring (bicyclic) bond motifs is 1. The predicted molar refractivity (Wildman–Crippen MR) is 90.8 cm³/mol. The minimum Gasteiger partial charge on any atom is -0.508 e. The maximum atomic E-state index is 11.4. The molecular formula is C16H17N5O3. The van der Waals surface area contributed by atoms with Gasteiger partial charge in [0.1, 0.15) is 5.75 Å². The molecule has 0 aliphatic carbocycles. The number of hydrogen-bond donors (Lipinski definition) is 3. The second-order valence-electron chi connectivity index (χ2n) is 6.60. The average Bonchev–Trinajstić information content (AvgIpc) is 2.86. The lowest BCUT2D eigenvalue weighted by Gasteiger charge is -2.19. The molecule has 24 heavy (non-hydrogen) atoms. The van der Waals surface area contributed by atoms with E-state index < -0.39 is 4.92 Å². The standard InChI is InChI=1S/C16H17N5O3/c1-16(2,3)12-7-10(13-14(17)19-20-15(13)18-12)9-6-8(22)4-5-11(9)21(23)24/h4-7,22H,1-3H3,(H3,17,18,19,20). The quantitative estimate of drug-likeness (QED) is 0.489. The van der Waals surface area contributed by atoms with Crippen molar-refractivity contribution in [1.82, 2.24) is 15.2 Å². The van der Waals surface area contributed by atoms with Gasteiger partial charge in [0.2, 0.25) is 0 Å². The Hall–Kier alpha value is -3.16. The third kappa shape index (κ3) is 2.51. The zero-order valence-corrected chi connectivity index (χ0v) is 13.5. The topological polar surface area (TPSA) is 131 Å². The number of aromatic nitrogens is 3. The van der Waals surface area contributed by atoms with Gasteiger partial charge in [0.05, 0.1) is 15.9 Å². The summed E-state index contributed by atoms with van der Waals surface area (Å²) in [4.78, 5) is 15.4. The zero-order chi connectivity index (χ0) is 17.6. The van der Waals surface area contributed by atoms with E-state index >= 15 is 0 Å². The summed E-state index contributed by atoms with van der Waals surface area (Å²) >= 11 is 0. The van der Waals surface area contributed by atoms with Gasteiger partial charge in [0, 0.05) is 22.7 Å². The second-order valence-corrected chi connectivity index (χ2v) is 6.60. The highest BCUT2D eigenvalue weighted by atomic mass is 16.6. The molecule has 0 bridgehead atoms. The highest BCUT2D eigenvalue weighted by Gasteiger charge is 2.24. The van der Waals surface area contributed by atoms with Crippen LogP contribution < -0.4 is 5.73 Å². The number of pyridine rings is 1. The SMILES string of the molecule is CC(C)(C)c1cc(-c2cc(O)ccc2[N+](=O)[O-])c2c(N)n[nH]c2n1. The summed E-state index contributed by atoms with van der Waals surface area (Å²) in [5.41, 5.74) is 7.48. The van der Waals surface area contributed by atoms with Gasteiger partial charge in [-0.3, -0.25) is 15.2 Å². The number of anilines is 1. The van der Waals surface area contributed by atoms with E-state index in [0.717, 1.165) is 5.69 Å². The number of nitrogens with two attached hydrogens (primary N) is 1. The van der Waals surface area contributed by atoms with Crippen LogP contribution in [0.15, 0.2) is 24.3 Å². The largest absolute Gasteiger partial charge is 0.508 e. The number of rotatable bonds is 2. The van der Waals surface area contributed by atoms with Crippen LogP contribution in [-0.2, 0) is 5.41 Å². The number of nitrogens with zero attached hydrogens (tertiary/aromatic N) is 3. The third-order valence-corrected chi connectivity index (χ3v) is 3.79. The van der Waals surface area contributed by atoms with Gasteiger partial charge >= 0.3 is 0 Å². The van der Waals surface area contributed by atoms with Crippen molar-refractivity contribution in [1.29, 1.82) is 0 Å². The molecule has 0 amide bonds. The number of nitro benzene ring substituents is 1. The molecule has 124 valence electrons. The Morgan fingerprint density at radius 2 is 1.96 bits per heavy atom. The van der Waals surface area contributed by atoms with E-state index in [1.54, 1.807) is 6.07 Å². The number of hydrogen-bond acceptors (Lipinski definition) is 6. The Bertz CT molecular complexity index is 956. The van der Waals surface area contributed by atoms with Crippen LogP contribution in [0.5, 0.6) is 5.75 Å². The monoisotopic (exact) mass is 327 g/mol. The van der Waals surface area contributed by atoms with E-state index in [0.29, 0.717) is 16.6 Å². The van der Waals surface area contributed by atoms with Crippen molar-refractivity contribution in [3.63, 3.8) is 0 Å².